The summed E-state index contributed by atoms with van der Waals surface area (Å²) in [6.07, 6.45) is -0.200. The summed E-state index contributed by atoms with van der Waals surface area (Å²) in [5, 5.41) is 5.58. The summed E-state index contributed by atoms with van der Waals surface area (Å²) in [5.74, 6) is -0.498. The zero-order chi connectivity index (χ0) is 22.7. The highest BCUT2D eigenvalue weighted by Crippen LogP contribution is 2.34. The topological polar surface area (TPSA) is 87.7 Å². The van der Waals surface area contributed by atoms with Gasteiger partial charge in [0, 0.05) is 15.7 Å². The Kier molecular flexibility index (Phi) is 6.23. The van der Waals surface area contributed by atoms with E-state index < -0.39 is 11.9 Å². The SMILES string of the molecule is COc1ccc(NC(=O)C[C@H]2C(=O)Nc3ccccc3N2C(=O)c2ccc(Br)cc2)cc1. The number of para-hydroxylation sites is 2. The molecule has 32 heavy (non-hydrogen) atoms. The van der Waals surface area contributed by atoms with Crippen LogP contribution in [-0.4, -0.2) is 30.9 Å². The fourth-order valence-electron chi connectivity index (χ4n) is 3.52. The van der Waals surface area contributed by atoms with Crippen molar-refractivity contribution in [1.29, 1.82) is 0 Å². The Balaban J connectivity index is 1.62. The molecule has 0 aliphatic carbocycles. The Morgan fingerprint density at radius 1 is 1.03 bits per heavy atom. The summed E-state index contributed by atoms with van der Waals surface area (Å²) < 4.78 is 5.95. The average molecular weight is 494 g/mol. The number of methoxy groups -OCH3 is 1. The van der Waals surface area contributed by atoms with E-state index in [2.05, 4.69) is 26.6 Å². The smallest absolute Gasteiger partial charge is 0.259 e. The largest absolute Gasteiger partial charge is 0.497 e. The highest BCUT2D eigenvalue weighted by atomic mass is 79.9. The van der Waals surface area contributed by atoms with Crippen molar-refractivity contribution in [3.8, 4) is 5.75 Å². The van der Waals surface area contributed by atoms with E-state index in [0.717, 1.165) is 4.47 Å². The zero-order valence-corrected chi connectivity index (χ0v) is 18.8. The molecule has 7 nitrogen and oxygen atoms in total. The Hall–Kier alpha value is -3.65. The summed E-state index contributed by atoms with van der Waals surface area (Å²) in [4.78, 5) is 40.5. The van der Waals surface area contributed by atoms with Crippen LogP contribution in [0.2, 0.25) is 0 Å². The molecule has 0 saturated heterocycles. The van der Waals surface area contributed by atoms with Crippen LogP contribution < -0.4 is 20.3 Å². The van der Waals surface area contributed by atoms with Crippen LogP contribution in [0.3, 0.4) is 0 Å². The number of anilines is 3. The van der Waals surface area contributed by atoms with Gasteiger partial charge in [0.05, 0.1) is 24.9 Å². The third-order valence-corrected chi connectivity index (χ3v) is 5.63. The lowest BCUT2D eigenvalue weighted by atomic mass is 10.0. The standard InChI is InChI=1S/C24H20BrN3O4/c1-32-18-12-10-17(11-13-18)26-22(29)14-21-23(30)27-19-4-2-3-5-20(19)28(21)24(31)15-6-8-16(25)9-7-15/h2-13,21H,14H2,1H3,(H,26,29)(H,27,30)/t21-/m0/s1. The molecular weight excluding hydrogens is 474 g/mol. The molecule has 162 valence electrons. The Bertz CT molecular complexity index is 1160. The van der Waals surface area contributed by atoms with E-state index in [4.69, 9.17) is 4.74 Å². The number of fused-ring (bicyclic) bond motifs is 1. The molecule has 1 heterocycles. The monoisotopic (exact) mass is 493 g/mol. The first-order chi connectivity index (χ1) is 15.5. The van der Waals surface area contributed by atoms with Gasteiger partial charge in [-0.2, -0.15) is 0 Å². The normalized spacial score (nSPS) is 14.9. The van der Waals surface area contributed by atoms with Gasteiger partial charge >= 0.3 is 0 Å². The van der Waals surface area contributed by atoms with E-state index in [0.29, 0.717) is 28.4 Å². The maximum atomic E-state index is 13.4. The maximum absolute atomic E-state index is 13.4. The van der Waals surface area contributed by atoms with Gasteiger partial charge in [-0.1, -0.05) is 28.1 Å². The first kappa shape index (κ1) is 21.6. The molecule has 0 fully saturated rings. The number of nitrogens with one attached hydrogen (secondary N) is 2. The predicted molar refractivity (Wildman–Crippen MR) is 126 cm³/mol. The van der Waals surface area contributed by atoms with Gasteiger partial charge in [-0.25, -0.2) is 0 Å². The van der Waals surface area contributed by atoms with Gasteiger partial charge in [-0.3, -0.25) is 19.3 Å². The van der Waals surface area contributed by atoms with E-state index >= 15 is 0 Å². The molecule has 1 aliphatic heterocycles. The van der Waals surface area contributed by atoms with Crippen molar-refractivity contribution in [3.63, 3.8) is 0 Å². The number of carbonyl (C=O) groups excluding carboxylic acids is 3. The fraction of sp³-hybridized carbons (Fsp3) is 0.125. The number of hydrogen-bond acceptors (Lipinski definition) is 4. The molecule has 0 saturated carbocycles. The summed E-state index contributed by atoms with van der Waals surface area (Å²) >= 11 is 3.36. The Morgan fingerprint density at radius 3 is 2.41 bits per heavy atom. The molecule has 3 amide bonds. The molecule has 0 aromatic heterocycles. The third-order valence-electron chi connectivity index (χ3n) is 5.10. The molecule has 2 N–H and O–H groups in total. The van der Waals surface area contributed by atoms with Gasteiger partial charge < -0.3 is 15.4 Å². The quantitative estimate of drug-likeness (QED) is 0.549. The van der Waals surface area contributed by atoms with Crippen LogP contribution in [0.15, 0.2) is 77.3 Å². The van der Waals surface area contributed by atoms with Crippen LogP contribution in [-0.2, 0) is 9.59 Å². The van der Waals surface area contributed by atoms with Crippen molar-refractivity contribution < 1.29 is 19.1 Å². The molecule has 0 bridgehead atoms. The van der Waals surface area contributed by atoms with E-state index in [1.165, 1.54) is 4.90 Å². The Labute approximate surface area is 193 Å². The first-order valence-corrected chi connectivity index (χ1v) is 10.7. The van der Waals surface area contributed by atoms with Gasteiger partial charge in [0.2, 0.25) is 11.8 Å². The number of halogens is 1. The number of nitrogens with zero attached hydrogens (tertiary/aromatic N) is 1. The lowest BCUT2D eigenvalue weighted by Crippen LogP contribution is -2.52. The lowest BCUT2D eigenvalue weighted by Gasteiger charge is -2.36. The van der Waals surface area contributed by atoms with Crippen molar-refractivity contribution in [2.45, 2.75) is 12.5 Å². The molecular formula is C24H20BrN3O4. The number of amides is 3. The molecule has 1 atom stereocenters. The third kappa shape index (κ3) is 4.50. The van der Waals surface area contributed by atoms with Crippen LogP contribution in [0, 0.1) is 0 Å². The van der Waals surface area contributed by atoms with Crippen molar-refractivity contribution in [1.82, 2.24) is 0 Å². The fourth-order valence-corrected chi connectivity index (χ4v) is 3.78. The van der Waals surface area contributed by atoms with E-state index in [1.54, 1.807) is 79.9 Å². The van der Waals surface area contributed by atoms with Gasteiger partial charge in [-0.05, 0) is 60.7 Å². The number of hydrogen-bond donors (Lipinski definition) is 2. The predicted octanol–water partition coefficient (Wildman–Crippen LogP) is 4.45. The first-order valence-electron chi connectivity index (χ1n) is 9.89. The van der Waals surface area contributed by atoms with Crippen molar-refractivity contribution in [2.75, 3.05) is 22.6 Å². The van der Waals surface area contributed by atoms with E-state index in [1.807, 2.05) is 0 Å². The van der Waals surface area contributed by atoms with Crippen LogP contribution >= 0.6 is 15.9 Å². The van der Waals surface area contributed by atoms with Gasteiger partial charge in [0.15, 0.2) is 0 Å². The number of rotatable bonds is 5. The summed E-state index contributed by atoms with van der Waals surface area (Å²) in [6.45, 7) is 0. The van der Waals surface area contributed by atoms with E-state index in [9.17, 15) is 14.4 Å². The van der Waals surface area contributed by atoms with Crippen molar-refractivity contribution in [2.24, 2.45) is 0 Å². The average Bonchev–Trinajstić information content (AvgIpc) is 2.80. The molecule has 4 rings (SSSR count). The highest BCUT2D eigenvalue weighted by Gasteiger charge is 2.38. The summed E-state index contributed by atoms with van der Waals surface area (Å²) in [5.41, 5.74) is 2.05. The number of benzene rings is 3. The molecule has 3 aromatic rings. The second-order valence-electron chi connectivity index (χ2n) is 7.19. The van der Waals surface area contributed by atoms with Crippen LogP contribution in [0.4, 0.5) is 17.1 Å². The van der Waals surface area contributed by atoms with Crippen LogP contribution in [0.25, 0.3) is 0 Å². The zero-order valence-electron chi connectivity index (χ0n) is 17.2. The molecule has 0 radical (unpaired) electrons. The van der Waals surface area contributed by atoms with Crippen molar-refractivity contribution in [3.05, 3.63) is 82.8 Å². The van der Waals surface area contributed by atoms with Crippen LogP contribution in [0.5, 0.6) is 5.75 Å². The van der Waals surface area contributed by atoms with Gasteiger partial charge in [0.1, 0.15) is 11.8 Å². The molecule has 0 unspecified atom stereocenters. The minimum absolute atomic E-state index is 0.200. The molecule has 0 spiro atoms. The summed E-state index contributed by atoms with van der Waals surface area (Å²) in [6, 6.07) is 19.8. The second-order valence-corrected chi connectivity index (χ2v) is 8.10. The maximum Gasteiger partial charge on any atom is 0.259 e. The number of carbonyl (C=O) groups is 3. The Morgan fingerprint density at radius 2 is 1.72 bits per heavy atom. The molecule has 1 aliphatic rings. The summed E-state index contributed by atoms with van der Waals surface area (Å²) in [7, 11) is 1.56. The van der Waals surface area contributed by atoms with Gasteiger partial charge in [-0.15, -0.1) is 0 Å². The second kappa shape index (κ2) is 9.23. The highest BCUT2D eigenvalue weighted by molar-refractivity contribution is 9.10. The van der Waals surface area contributed by atoms with E-state index in [-0.39, 0.29) is 18.2 Å². The van der Waals surface area contributed by atoms with Crippen molar-refractivity contribution >= 4 is 50.7 Å². The minimum Gasteiger partial charge on any atom is -0.497 e. The molecule has 8 heteroatoms. The number of ether oxygens (including phenoxy) is 1. The minimum atomic E-state index is -1.00. The molecule has 3 aromatic carbocycles. The lowest BCUT2D eigenvalue weighted by molar-refractivity contribution is -0.122. The van der Waals surface area contributed by atoms with Gasteiger partial charge in [0.25, 0.3) is 5.91 Å². The van der Waals surface area contributed by atoms with Crippen LogP contribution in [0.1, 0.15) is 16.8 Å².